The van der Waals surface area contributed by atoms with Crippen LogP contribution in [0.15, 0.2) is 18.2 Å². The average Bonchev–Trinajstić information content (AvgIpc) is 2.43. The number of nitrogens with zero attached hydrogens (tertiary/aromatic N) is 1. The van der Waals surface area contributed by atoms with Crippen molar-refractivity contribution in [2.45, 2.75) is 33.1 Å². The Morgan fingerprint density at radius 2 is 2.10 bits per heavy atom. The molecule has 6 nitrogen and oxygen atoms in total. The molecule has 20 heavy (non-hydrogen) atoms. The number of hydrogen-bond acceptors (Lipinski definition) is 5. The van der Waals surface area contributed by atoms with Gasteiger partial charge in [0.25, 0.3) is 5.69 Å². The third kappa shape index (κ3) is 4.53. The normalized spacial score (nSPS) is 10.1. The van der Waals surface area contributed by atoms with Gasteiger partial charge >= 0.3 is 5.97 Å². The first-order chi connectivity index (χ1) is 9.60. The fraction of sp³-hybridized carbons (Fsp3) is 0.500. The molecule has 0 saturated carbocycles. The maximum Gasteiger partial charge on any atom is 0.338 e. The third-order valence-electron chi connectivity index (χ3n) is 2.80. The second kappa shape index (κ2) is 8.14. The summed E-state index contributed by atoms with van der Waals surface area (Å²) in [6, 6.07) is 4.34. The summed E-state index contributed by atoms with van der Waals surface area (Å²) >= 11 is 0. The molecule has 0 aliphatic heterocycles. The predicted octanol–water partition coefficient (Wildman–Crippen LogP) is 3.37. The molecular formula is C14H20N2O4. The van der Waals surface area contributed by atoms with E-state index in [4.69, 9.17) is 4.74 Å². The van der Waals surface area contributed by atoms with Crippen molar-refractivity contribution in [2.24, 2.45) is 0 Å². The summed E-state index contributed by atoms with van der Waals surface area (Å²) in [5.41, 5.74) is 0.517. The highest BCUT2D eigenvalue weighted by Gasteiger charge is 2.17. The maximum atomic E-state index is 11.6. The fourth-order valence-corrected chi connectivity index (χ4v) is 1.77. The van der Waals surface area contributed by atoms with Crippen molar-refractivity contribution >= 4 is 17.3 Å². The number of esters is 1. The number of carbonyl (C=O) groups excluding carboxylic acids is 1. The molecule has 6 heteroatoms. The van der Waals surface area contributed by atoms with Crippen LogP contribution in [0.3, 0.4) is 0 Å². The second-order valence-electron chi connectivity index (χ2n) is 4.34. The molecule has 0 spiro atoms. The third-order valence-corrected chi connectivity index (χ3v) is 2.80. The molecule has 110 valence electrons. The number of hydrogen-bond donors (Lipinski definition) is 1. The highest BCUT2D eigenvalue weighted by Crippen LogP contribution is 2.26. The molecular weight excluding hydrogens is 260 g/mol. The Morgan fingerprint density at radius 1 is 1.35 bits per heavy atom. The Balaban J connectivity index is 2.85. The van der Waals surface area contributed by atoms with Gasteiger partial charge < -0.3 is 10.1 Å². The molecule has 0 radical (unpaired) electrons. The molecule has 0 atom stereocenters. The molecule has 0 aliphatic rings. The molecule has 0 aliphatic carbocycles. The molecule has 1 rings (SSSR count). The van der Waals surface area contributed by atoms with Crippen molar-refractivity contribution < 1.29 is 14.5 Å². The van der Waals surface area contributed by atoms with E-state index in [1.54, 1.807) is 13.0 Å². The molecule has 0 heterocycles. The zero-order chi connectivity index (χ0) is 15.0. The van der Waals surface area contributed by atoms with E-state index in [0.29, 0.717) is 12.2 Å². The van der Waals surface area contributed by atoms with Gasteiger partial charge in [-0.15, -0.1) is 0 Å². The first-order valence-corrected chi connectivity index (χ1v) is 6.79. The summed E-state index contributed by atoms with van der Waals surface area (Å²) in [6.45, 7) is 4.70. The van der Waals surface area contributed by atoms with Gasteiger partial charge in [-0.2, -0.15) is 0 Å². The van der Waals surface area contributed by atoms with Crippen molar-refractivity contribution in [3.05, 3.63) is 33.9 Å². The molecule has 0 bridgehead atoms. The molecule has 0 aromatic heterocycles. The first kappa shape index (κ1) is 15.9. The summed E-state index contributed by atoms with van der Waals surface area (Å²) in [4.78, 5) is 22.1. The van der Waals surface area contributed by atoms with Crippen molar-refractivity contribution in [3.8, 4) is 0 Å². The number of nitrogens with one attached hydrogen (secondary N) is 1. The van der Waals surface area contributed by atoms with E-state index in [1.165, 1.54) is 12.1 Å². The monoisotopic (exact) mass is 280 g/mol. The van der Waals surface area contributed by atoms with Gasteiger partial charge in [-0.05, 0) is 25.5 Å². The van der Waals surface area contributed by atoms with E-state index in [9.17, 15) is 14.9 Å². The molecule has 1 aromatic carbocycles. The van der Waals surface area contributed by atoms with Gasteiger partial charge in [-0.1, -0.05) is 19.8 Å². The number of unbranched alkanes of at least 4 members (excludes halogenated alkanes) is 2. The number of nitro benzene ring substituents is 1. The Labute approximate surface area is 118 Å². The van der Waals surface area contributed by atoms with E-state index < -0.39 is 10.9 Å². The Hall–Kier alpha value is -2.11. The molecule has 1 N–H and O–H groups in total. The lowest BCUT2D eigenvalue weighted by atomic mass is 10.1. The molecule has 0 amide bonds. The number of anilines is 1. The van der Waals surface area contributed by atoms with E-state index >= 15 is 0 Å². The molecule has 1 aromatic rings. The summed E-state index contributed by atoms with van der Waals surface area (Å²) in [6.07, 6.45) is 3.11. The van der Waals surface area contributed by atoms with Gasteiger partial charge in [0.15, 0.2) is 0 Å². The van der Waals surface area contributed by atoms with Crippen LogP contribution in [0.1, 0.15) is 43.5 Å². The number of ether oxygens (including phenoxy) is 1. The summed E-state index contributed by atoms with van der Waals surface area (Å²) in [7, 11) is 0. The lowest BCUT2D eigenvalue weighted by molar-refractivity contribution is -0.384. The van der Waals surface area contributed by atoms with Crippen LogP contribution in [0.5, 0.6) is 0 Å². The highest BCUT2D eigenvalue weighted by atomic mass is 16.6. The smallest absolute Gasteiger partial charge is 0.338 e. The van der Waals surface area contributed by atoms with Crippen LogP contribution < -0.4 is 5.32 Å². The quantitative estimate of drug-likeness (QED) is 0.341. The van der Waals surface area contributed by atoms with E-state index in [1.807, 2.05) is 0 Å². The van der Waals surface area contributed by atoms with Gasteiger partial charge in [0.05, 0.1) is 17.1 Å². The summed E-state index contributed by atoms with van der Waals surface area (Å²) in [5.74, 6) is -0.548. The van der Waals surface area contributed by atoms with Crippen molar-refractivity contribution in [3.63, 3.8) is 0 Å². The number of rotatable bonds is 8. The maximum absolute atomic E-state index is 11.6. The lowest BCUT2D eigenvalue weighted by Crippen LogP contribution is -2.08. The van der Waals surface area contributed by atoms with Crippen LogP contribution >= 0.6 is 0 Å². The minimum atomic E-state index is -0.548. The Bertz CT molecular complexity index is 474. The Morgan fingerprint density at radius 3 is 2.70 bits per heavy atom. The van der Waals surface area contributed by atoms with Crippen molar-refractivity contribution in [2.75, 3.05) is 18.5 Å². The molecule has 0 saturated heterocycles. The van der Waals surface area contributed by atoms with Crippen LogP contribution in [0, 0.1) is 10.1 Å². The standard InChI is InChI=1S/C14H20N2O4/c1-3-5-6-9-15-12-8-7-11(14(17)20-4-2)10-13(12)16(18)19/h7-8,10,15H,3-6,9H2,1-2H3. The largest absolute Gasteiger partial charge is 0.462 e. The predicted molar refractivity (Wildman–Crippen MR) is 77.1 cm³/mol. The van der Waals surface area contributed by atoms with E-state index in [0.717, 1.165) is 19.3 Å². The van der Waals surface area contributed by atoms with Crippen LogP contribution in [-0.4, -0.2) is 24.0 Å². The van der Waals surface area contributed by atoms with E-state index in [2.05, 4.69) is 12.2 Å². The number of carbonyl (C=O) groups is 1. The molecule has 0 unspecified atom stereocenters. The van der Waals surface area contributed by atoms with Crippen LogP contribution in [0.25, 0.3) is 0 Å². The highest BCUT2D eigenvalue weighted by molar-refractivity contribution is 5.91. The SMILES string of the molecule is CCCCCNc1ccc(C(=O)OCC)cc1[N+](=O)[O-]. The van der Waals surface area contributed by atoms with Crippen molar-refractivity contribution in [1.82, 2.24) is 0 Å². The second-order valence-corrected chi connectivity index (χ2v) is 4.34. The average molecular weight is 280 g/mol. The minimum absolute atomic E-state index is 0.105. The number of nitro groups is 1. The first-order valence-electron chi connectivity index (χ1n) is 6.79. The zero-order valence-corrected chi connectivity index (χ0v) is 11.8. The van der Waals surface area contributed by atoms with Crippen LogP contribution in [0.2, 0.25) is 0 Å². The van der Waals surface area contributed by atoms with Crippen LogP contribution in [-0.2, 0) is 4.74 Å². The van der Waals surface area contributed by atoms with E-state index in [-0.39, 0.29) is 17.9 Å². The Kier molecular flexibility index (Phi) is 6.49. The van der Waals surface area contributed by atoms with Gasteiger partial charge in [0.1, 0.15) is 5.69 Å². The fourth-order valence-electron chi connectivity index (χ4n) is 1.77. The molecule has 0 fully saturated rings. The van der Waals surface area contributed by atoms with Gasteiger partial charge in [0, 0.05) is 12.6 Å². The lowest BCUT2D eigenvalue weighted by Gasteiger charge is -2.08. The summed E-state index contributed by atoms with van der Waals surface area (Å²) in [5, 5.41) is 14.1. The summed E-state index contributed by atoms with van der Waals surface area (Å²) < 4.78 is 4.83. The topological polar surface area (TPSA) is 81.5 Å². The van der Waals surface area contributed by atoms with Crippen LogP contribution in [0.4, 0.5) is 11.4 Å². The van der Waals surface area contributed by atoms with Gasteiger partial charge in [0.2, 0.25) is 0 Å². The van der Waals surface area contributed by atoms with Gasteiger partial charge in [-0.25, -0.2) is 4.79 Å². The minimum Gasteiger partial charge on any atom is -0.462 e. The zero-order valence-electron chi connectivity index (χ0n) is 11.8. The number of benzene rings is 1. The van der Waals surface area contributed by atoms with Crippen molar-refractivity contribution in [1.29, 1.82) is 0 Å². The van der Waals surface area contributed by atoms with Gasteiger partial charge in [-0.3, -0.25) is 10.1 Å².